The van der Waals surface area contributed by atoms with E-state index in [0.29, 0.717) is 5.56 Å². The smallest absolute Gasteiger partial charge is 0.331 e. The van der Waals surface area contributed by atoms with Crippen molar-refractivity contribution in [1.82, 2.24) is 10.2 Å². The maximum Gasteiger partial charge on any atom is 0.331 e. The van der Waals surface area contributed by atoms with Gasteiger partial charge in [-0.3, -0.25) is 9.59 Å². The van der Waals surface area contributed by atoms with Crippen molar-refractivity contribution in [1.29, 1.82) is 0 Å². The molecule has 3 heterocycles. The molecule has 3 aromatic rings. The van der Waals surface area contributed by atoms with Crippen LogP contribution in [0.5, 0.6) is 0 Å². The third kappa shape index (κ3) is 3.74. The molecule has 3 aliphatic rings. The summed E-state index contributed by atoms with van der Waals surface area (Å²) in [7, 11) is 0. The molecule has 1 spiro atoms. The first-order valence-electron chi connectivity index (χ1n) is 12.2. The number of nitrogens with zero attached hydrogens (tertiary/aromatic N) is 1. The average molecular weight is 515 g/mol. The Balaban J connectivity index is 1.27. The predicted molar refractivity (Wildman–Crippen MR) is 138 cm³/mol. The minimum atomic E-state index is -1.49. The van der Waals surface area contributed by atoms with E-state index in [2.05, 4.69) is 5.32 Å². The van der Waals surface area contributed by atoms with Gasteiger partial charge in [-0.1, -0.05) is 91.0 Å². The van der Waals surface area contributed by atoms with Gasteiger partial charge in [-0.25, -0.2) is 4.79 Å². The van der Waals surface area contributed by atoms with E-state index in [9.17, 15) is 14.4 Å². The fourth-order valence-electron chi connectivity index (χ4n) is 5.36. The third-order valence-corrected chi connectivity index (χ3v) is 8.73. The van der Waals surface area contributed by atoms with Gasteiger partial charge in [0.2, 0.25) is 0 Å². The Kier molecular flexibility index (Phi) is 5.62. The predicted octanol–water partition coefficient (Wildman–Crippen LogP) is 3.97. The first-order chi connectivity index (χ1) is 17.8. The minimum absolute atomic E-state index is 0.364. The van der Waals surface area contributed by atoms with Crippen LogP contribution in [-0.4, -0.2) is 44.6 Å². The molecule has 3 aromatic carbocycles. The van der Waals surface area contributed by atoms with Crippen LogP contribution in [0, 0.1) is 0 Å². The van der Waals surface area contributed by atoms with Crippen LogP contribution in [0.1, 0.15) is 42.7 Å². The number of amides is 2. The summed E-state index contributed by atoms with van der Waals surface area (Å²) >= 11 is 1.44. The van der Waals surface area contributed by atoms with Gasteiger partial charge in [0, 0.05) is 4.75 Å². The summed E-state index contributed by atoms with van der Waals surface area (Å²) in [5.41, 5.74) is 0.860. The molecule has 3 fully saturated rings. The number of fused-ring (bicyclic) bond motifs is 2. The summed E-state index contributed by atoms with van der Waals surface area (Å²) in [6.07, 6.45) is -1.51. The zero-order valence-electron chi connectivity index (χ0n) is 20.4. The molecule has 2 amide bonds. The first kappa shape index (κ1) is 23.8. The van der Waals surface area contributed by atoms with Crippen molar-refractivity contribution in [2.45, 2.75) is 47.9 Å². The summed E-state index contributed by atoms with van der Waals surface area (Å²) in [6.45, 7) is 3.82. The van der Waals surface area contributed by atoms with Crippen LogP contribution in [-0.2, 0) is 23.9 Å². The summed E-state index contributed by atoms with van der Waals surface area (Å²) < 4.78 is 11.6. The molecule has 0 bridgehead atoms. The molecule has 7 nitrogen and oxygen atoms in total. The molecule has 0 saturated carbocycles. The zero-order chi connectivity index (χ0) is 25.8. The lowest BCUT2D eigenvalue weighted by Gasteiger charge is -2.49. The van der Waals surface area contributed by atoms with Crippen molar-refractivity contribution in [2.75, 3.05) is 0 Å². The Bertz CT molecular complexity index is 1310. The topological polar surface area (TPSA) is 84.9 Å². The highest BCUT2D eigenvalue weighted by Gasteiger charge is 2.76. The van der Waals surface area contributed by atoms with Crippen molar-refractivity contribution in [3.05, 3.63) is 108 Å². The number of thioether (sulfide) groups is 1. The van der Waals surface area contributed by atoms with Gasteiger partial charge in [0.05, 0.1) is 0 Å². The lowest BCUT2D eigenvalue weighted by atomic mass is 9.93. The van der Waals surface area contributed by atoms with Crippen molar-refractivity contribution < 1.29 is 23.9 Å². The highest BCUT2D eigenvalue weighted by Crippen LogP contribution is 2.57. The van der Waals surface area contributed by atoms with Gasteiger partial charge < -0.3 is 19.7 Å². The van der Waals surface area contributed by atoms with Gasteiger partial charge in [-0.2, -0.15) is 0 Å². The number of nitrogens with one attached hydrogen (secondary N) is 1. The number of carbonyl (C=O) groups excluding carboxylic acids is 3. The van der Waals surface area contributed by atoms with Gasteiger partial charge in [0.1, 0.15) is 11.4 Å². The summed E-state index contributed by atoms with van der Waals surface area (Å²) in [6, 6.07) is 27.3. The molecule has 4 atom stereocenters. The van der Waals surface area contributed by atoms with Crippen LogP contribution in [0.2, 0.25) is 0 Å². The van der Waals surface area contributed by atoms with Crippen molar-refractivity contribution in [2.24, 2.45) is 0 Å². The van der Waals surface area contributed by atoms with Crippen LogP contribution in [0.4, 0.5) is 0 Å². The van der Waals surface area contributed by atoms with Crippen molar-refractivity contribution >= 4 is 29.5 Å². The van der Waals surface area contributed by atoms with Crippen LogP contribution < -0.4 is 5.32 Å². The number of hydrogen-bond acceptors (Lipinski definition) is 6. The maximum absolute atomic E-state index is 13.7. The molecule has 3 saturated heterocycles. The Labute approximate surface area is 219 Å². The molecule has 1 N–H and O–H groups in total. The molecule has 8 heteroatoms. The Morgan fingerprint density at radius 1 is 0.919 bits per heavy atom. The number of β-lactam (4-membered cyclic amide) rings is 1. The number of rotatable bonds is 5. The fourth-order valence-corrected chi connectivity index (χ4v) is 6.99. The van der Waals surface area contributed by atoms with Crippen LogP contribution in [0.25, 0.3) is 0 Å². The average Bonchev–Trinajstić information content (AvgIpc) is 3.42. The van der Waals surface area contributed by atoms with E-state index in [1.165, 1.54) is 16.7 Å². The molecule has 6 rings (SSSR count). The maximum atomic E-state index is 13.7. The second kappa shape index (κ2) is 8.75. The molecular weight excluding hydrogens is 488 g/mol. The van der Waals surface area contributed by atoms with Crippen LogP contribution in [0.3, 0.4) is 0 Å². The standard InChI is InChI=1S/C29H26N2O5S/c1-28(2)23(25(33)35-21(18-12-6-3-7-13-18)19-14-8-4-9-15-19)31-26(34)29(27(31)37-28)30-24(32)22(36-29)20-16-10-5-11-17-20/h3-17,21-23,27H,1-2H3,(H,30,32). The Morgan fingerprint density at radius 3 is 2.03 bits per heavy atom. The van der Waals surface area contributed by atoms with Gasteiger partial charge in [0.15, 0.2) is 12.2 Å². The highest BCUT2D eigenvalue weighted by atomic mass is 32.2. The van der Waals surface area contributed by atoms with E-state index in [4.69, 9.17) is 9.47 Å². The second-order valence-corrected chi connectivity index (χ2v) is 11.7. The van der Waals surface area contributed by atoms with Gasteiger partial charge in [-0.15, -0.1) is 11.8 Å². The van der Waals surface area contributed by atoms with Crippen molar-refractivity contribution in [3.63, 3.8) is 0 Å². The molecule has 0 aromatic heterocycles. The number of esters is 1. The molecule has 0 radical (unpaired) electrons. The normalized spacial score (nSPS) is 27.6. The molecule has 0 aliphatic carbocycles. The first-order valence-corrected chi connectivity index (χ1v) is 13.1. The third-order valence-electron chi connectivity index (χ3n) is 7.12. The van der Waals surface area contributed by atoms with Gasteiger partial charge in [0.25, 0.3) is 17.5 Å². The van der Waals surface area contributed by atoms with Gasteiger partial charge in [-0.05, 0) is 30.5 Å². The molecule has 37 heavy (non-hydrogen) atoms. The number of ether oxygens (including phenoxy) is 2. The van der Waals surface area contributed by atoms with E-state index in [1.54, 1.807) is 12.1 Å². The van der Waals surface area contributed by atoms with E-state index < -0.39 is 46.0 Å². The summed E-state index contributed by atoms with van der Waals surface area (Å²) in [5.74, 6) is -1.29. The van der Waals surface area contributed by atoms with E-state index in [-0.39, 0.29) is 5.91 Å². The van der Waals surface area contributed by atoms with E-state index in [0.717, 1.165) is 11.1 Å². The lowest BCUT2D eigenvalue weighted by Crippen LogP contribution is -2.78. The largest absolute Gasteiger partial charge is 0.451 e. The summed E-state index contributed by atoms with van der Waals surface area (Å²) in [4.78, 5) is 41.7. The highest BCUT2D eigenvalue weighted by molar-refractivity contribution is 8.01. The summed E-state index contributed by atoms with van der Waals surface area (Å²) in [5, 5.41) is 2.26. The van der Waals surface area contributed by atoms with E-state index >= 15 is 0 Å². The van der Waals surface area contributed by atoms with Crippen molar-refractivity contribution in [3.8, 4) is 0 Å². The second-order valence-electron chi connectivity index (χ2n) is 9.96. The molecule has 188 valence electrons. The fraction of sp³-hybridized carbons (Fsp3) is 0.276. The SMILES string of the molecule is CC1(C)SC2N(C(=O)C23NC(=O)C(c2ccccc2)O3)C1C(=O)OC(c1ccccc1)c1ccccc1. The zero-order valence-corrected chi connectivity index (χ0v) is 21.2. The van der Waals surface area contributed by atoms with E-state index in [1.807, 2.05) is 92.7 Å². The number of hydrogen-bond donors (Lipinski definition) is 1. The van der Waals surface area contributed by atoms with Crippen LogP contribution >= 0.6 is 11.8 Å². The number of benzene rings is 3. The number of carbonyl (C=O) groups is 3. The quantitative estimate of drug-likeness (QED) is 0.410. The van der Waals surface area contributed by atoms with Gasteiger partial charge >= 0.3 is 5.97 Å². The molecule has 3 aliphatic heterocycles. The Morgan fingerprint density at radius 2 is 1.46 bits per heavy atom. The monoisotopic (exact) mass is 514 g/mol. The van der Waals surface area contributed by atoms with Crippen LogP contribution in [0.15, 0.2) is 91.0 Å². The molecular formula is C29H26N2O5S. The minimum Gasteiger partial charge on any atom is -0.451 e. The molecule has 4 unspecified atom stereocenters. The Hall–Kier alpha value is -3.62. The lowest BCUT2D eigenvalue weighted by molar-refractivity contribution is -0.201.